The highest BCUT2D eigenvalue weighted by atomic mass is 16.5. The molecule has 0 aliphatic rings. The molecule has 3 heteroatoms. The summed E-state index contributed by atoms with van der Waals surface area (Å²) in [6.07, 6.45) is 3.57. The molecule has 0 heterocycles. The van der Waals surface area contributed by atoms with Gasteiger partial charge in [-0.1, -0.05) is 12.7 Å². The minimum Gasteiger partial charge on any atom is -0.497 e. The second kappa shape index (κ2) is 4.90. The fraction of sp³-hybridized carbons (Fsp3) is 0.167. The minimum absolute atomic E-state index is 0.337. The van der Waals surface area contributed by atoms with Gasteiger partial charge in [-0.25, -0.2) is 4.79 Å². The van der Waals surface area contributed by atoms with Crippen LogP contribution in [0.4, 0.5) is 0 Å². The molecule has 0 aromatic carbocycles. The smallest absolute Gasteiger partial charge is 0.331 e. The summed E-state index contributed by atoms with van der Waals surface area (Å²) in [7, 11) is 0. The molecule has 0 rings (SSSR count). The summed E-state index contributed by atoms with van der Waals surface area (Å²) in [5, 5.41) is 8.02. The van der Waals surface area contributed by atoms with Crippen LogP contribution >= 0.6 is 0 Å². The van der Waals surface area contributed by atoms with E-state index in [2.05, 4.69) is 11.3 Å². The normalized spacial score (nSPS) is 9.33. The number of aliphatic carboxylic acids is 1. The lowest BCUT2D eigenvalue weighted by Gasteiger charge is -1.89. The molecule has 0 amide bonds. The van der Waals surface area contributed by atoms with Gasteiger partial charge in [0, 0.05) is 0 Å². The topological polar surface area (TPSA) is 46.5 Å². The molecule has 0 aromatic heterocycles. The average Bonchev–Trinajstić information content (AvgIpc) is 1.80. The molecule has 0 aromatic rings. The van der Waals surface area contributed by atoms with E-state index in [4.69, 9.17) is 5.11 Å². The molecular formula is C6H8O3. The Bertz CT molecular complexity index is 126. The van der Waals surface area contributed by atoms with Crippen molar-refractivity contribution in [2.45, 2.75) is 0 Å². The van der Waals surface area contributed by atoms with E-state index < -0.39 is 5.97 Å². The summed E-state index contributed by atoms with van der Waals surface area (Å²) in [5.74, 6) is -1.01. The predicted molar refractivity (Wildman–Crippen MR) is 32.9 cm³/mol. The van der Waals surface area contributed by atoms with Crippen molar-refractivity contribution in [3.63, 3.8) is 0 Å². The summed E-state index contributed by atoms with van der Waals surface area (Å²) in [6, 6.07) is 0. The summed E-state index contributed by atoms with van der Waals surface area (Å²) in [4.78, 5) is 9.77. The lowest BCUT2D eigenvalue weighted by atomic mass is 10.6. The van der Waals surface area contributed by atoms with Crippen molar-refractivity contribution in [1.29, 1.82) is 0 Å². The molecule has 0 bridgehead atoms. The summed E-state index contributed by atoms with van der Waals surface area (Å²) < 4.78 is 4.61. The van der Waals surface area contributed by atoms with Gasteiger partial charge in [0.25, 0.3) is 0 Å². The molecule has 9 heavy (non-hydrogen) atoms. The maximum Gasteiger partial charge on any atom is 0.331 e. The van der Waals surface area contributed by atoms with Crippen molar-refractivity contribution >= 4 is 5.97 Å². The molecule has 3 nitrogen and oxygen atoms in total. The van der Waals surface area contributed by atoms with Crippen LogP contribution in [0.25, 0.3) is 0 Å². The van der Waals surface area contributed by atoms with Gasteiger partial charge < -0.3 is 9.84 Å². The molecule has 50 valence electrons. The van der Waals surface area contributed by atoms with E-state index in [9.17, 15) is 4.79 Å². The van der Waals surface area contributed by atoms with Gasteiger partial charge >= 0.3 is 5.97 Å². The van der Waals surface area contributed by atoms with Gasteiger partial charge in [0.15, 0.2) is 0 Å². The highest BCUT2D eigenvalue weighted by Crippen LogP contribution is 1.77. The number of hydrogen-bond donors (Lipinski definition) is 1. The maximum atomic E-state index is 9.77. The van der Waals surface area contributed by atoms with Gasteiger partial charge in [-0.15, -0.1) is 0 Å². The Labute approximate surface area is 53.3 Å². The third kappa shape index (κ3) is 6.75. The van der Waals surface area contributed by atoms with Crippen LogP contribution < -0.4 is 0 Å². The zero-order chi connectivity index (χ0) is 7.11. The molecule has 0 saturated carbocycles. The van der Waals surface area contributed by atoms with Crippen LogP contribution in [-0.2, 0) is 9.53 Å². The van der Waals surface area contributed by atoms with Crippen LogP contribution in [0.1, 0.15) is 0 Å². The van der Waals surface area contributed by atoms with Crippen molar-refractivity contribution < 1.29 is 14.6 Å². The van der Waals surface area contributed by atoms with Crippen molar-refractivity contribution in [1.82, 2.24) is 0 Å². The van der Waals surface area contributed by atoms with Gasteiger partial charge in [0.2, 0.25) is 0 Å². The quantitative estimate of drug-likeness (QED) is 0.263. The van der Waals surface area contributed by atoms with Crippen LogP contribution in [0, 0.1) is 0 Å². The van der Waals surface area contributed by atoms with Gasteiger partial charge in [0.1, 0.15) is 6.61 Å². The first-order valence-electron chi connectivity index (χ1n) is 2.39. The number of carboxylic acid groups (broad SMARTS) is 1. The number of carbonyl (C=O) groups is 1. The summed E-state index contributed by atoms with van der Waals surface area (Å²) >= 11 is 0. The number of carboxylic acids is 1. The molecule has 0 spiro atoms. The van der Waals surface area contributed by atoms with E-state index in [0.717, 1.165) is 12.3 Å². The first-order valence-corrected chi connectivity index (χ1v) is 2.39. The maximum absolute atomic E-state index is 9.77. The molecule has 0 fully saturated rings. The van der Waals surface area contributed by atoms with E-state index in [1.54, 1.807) is 0 Å². The van der Waals surface area contributed by atoms with Gasteiger partial charge in [-0.05, 0) is 0 Å². The molecule has 0 unspecified atom stereocenters. The van der Waals surface area contributed by atoms with E-state index in [-0.39, 0.29) is 0 Å². The van der Waals surface area contributed by atoms with Crippen molar-refractivity contribution in [3.05, 3.63) is 25.0 Å². The largest absolute Gasteiger partial charge is 0.497 e. The van der Waals surface area contributed by atoms with E-state index in [0.29, 0.717) is 6.61 Å². The Morgan fingerprint density at radius 2 is 2.44 bits per heavy atom. The minimum atomic E-state index is -1.01. The van der Waals surface area contributed by atoms with Crippen molar-refractivity contribution in [2.75, 3.05) is 6.61 Å². The van der Waals surface area contributed by atoms with Crippen molar-refractivity contribution in [3.8, 4) is 0 Å². The van der Waals surface area contributed by atoms with E-state index >= 15 is 0 Å². The second-order valence-electron chi connectivity index (χ2n) is 1.26. The Balaban J connectivity index is 3.24. The molecule has 0 aliphatic carbocycles. The van der Waals surface area contributed by atoms with Crippen LogP contribution in [0.5, 0.6) is 0 Å². The van der Waals surface area contributed by atoms with E-state index in [1.807, 2.05) is 0 Å². The van der Waals surface area contributed by atoms with Crippen LogP contribution in [-0.4, -0.2) is 17.7 Å². The lowest BCUT2D eigenvalue weighted by Crippen LogP contribution is -1.87. The first-order chi connectivity index (χ1) is 4.27. The highest BCUT2D eigenvalue weighted by Gasteiger charge is 1.81. The van der Waals surface area contributed by atoms with Crippen LogP contribution in [0.3, 0.4) is 0 Å². The number of hydrogen-bond acceptors (Lipinski definition) is 2. The Morgan fingerprint density at radius 1 is 1.78 bits per heavy atom. The van der Waals surface area contributed by atoms with Crippen LogP contribution in [0.2, 0.25) is 0 Å². The molecule has 0 saturated heterocycles. The standard InChI is InChI=1S/C6H8O3/c1-2-4-9-5-3-6(7)8/h2-3,5H,1,4H2,(H,7,8)/b5-3+. The third-order valence-electron chi connectivity index (χ3n) is 0.521. The van der Waals surface area contributed by atoms with Crippen molar-refractivity contribution in [2.24, 2.45) is 0 Å². The van der Waals surface area contributed by atoms with E-state index in [1.165, 1.54) is 6.08 Å². The molecular weight excluding hydrogens is 120 g/mol. The number of rotatable bonds is 4. The zero-order valence-corrected chi connectivity index (χ0v) is 4.91. The molecule has 1 N–H and O–H groups in total. The third-order valence-corrected chi connectivity index (χ3v) is 0.521. The lowest BCUT2D eigenvalue weighted by molar-refractivity contribution is -0.131. The predicted octanol–water partition coefficient (Wildman–Crippen LogP) is 0.787. The molecule has 0 atom stereocenters. The van der Waals surface area contributed by atoms with Gasteiger partial charge in [0.05, 0.1) is 12.3 Å². The Kier molecular flexibility index (Phi) is 4.22. The zero-order valence-electron chi connectivity index (χ0n) is 4.91. The average molecular weight is 128 g/mol. The highest BCUT2D eigenvalue weighted by molar-refractivity contribution is 5.79. The SMILES string of the molecule is C=CCO/C=C/C(=O)O. The van der Waals surface area contributed by atoms with Gasteiger partial charge in [-0.2, -0.15) is 0 Å². The molecule has 0 aliphatic heterocycles. The number of ether oxygens (including phenoxy) is 1. The fourth-order valence-electron chi connectivity index (χ4n) is 0.230. The fourth-order valence-corrected chi connectivity index (χ4v) is 0.230. The monoisotopic (exact) mass is 128 g/mol. The first kappa shape index (κ1) is 7.75. The van der Waals surface area contributed by atoms with Crippen LogP contribution in [0.15, 0.2) is 25.0 Å². The molecule has 0 radical (unpaired) electrons. The van der Waals surface area contributed by atoms with Gasteiger partial charge in [-0.3, -0.25) is 0 Å². The second-order valence-corrected chi connectivity index (χ2v) is 1.26. The Morgan fingerprint density at radius 3 is 2.89 bits per heavy atom. The summed E-state index contributed by atoms with van der Waals surface area (Å²) in [5.41, 5.74) is 0. The summed E-state index contributed by atoms with van der Waals surface area (Å²) in [6.45, 7) is 3.71. The Hall–Kier alpha value is -1.25.